The van der Waals surface area contributed by atoms with Crippen LogP contribution in [0.15, 0.2) is 16.9 Å². The molecule has 1 aliphatic heterocycles. The molecule has 138 valence electrons. The van der Waals surface area contributed by atoms with E-state index in [-0.39, 0.29) is 29.9 Å². The van der Waals surface area contributed by atoms with Gasteiger partial charge in [0.15, 0.2) is 0 Å². The summed E-state index contributed by atoms with van der Waals surface area (Å²) >= 11 is 0. The first-order chi connectivity index (χ1) is 11.5. The lowest BCUT2D eigenvalue weighted by Crippen LogP contribution is -2.50. The molecule has 1 aromatic rings. The van der Waals surface area contributed by atoms with E-state index >= 15 is 0 Å². The second kappa shape index (κ2) is 6.87. The van der Waals surface area contributed by atoms with Gasteiger partial charge < -0.3 is 15.4 Å². The summed E-state index contributed by atoms with van der Waals surface area (Å²) in [6.45, 7) is 3.03. The first kappa shape index (κ1) is 19.0. The SMILES string of the molecule is CC1CN(C(=O)Cn2c(C(F)(F)F)ccc(C(N)=O)c2=O)CC(C)O1. The zero-order valence-corrected chi connectivity index (χ0v) is 13.7. The molecule has 10 heteroatoms. The van der Waals surface area contributed by atoms with Gasteiger partial charge in [-0.15, -0.1) is 0 Å². The minimum atomic E-state index is -4.86. The molecule has 0 bridgehead atoms. The van der Waals surface area contributed by atoms with Crippen LogP contribution in [0.1, 0.15) is 29.9 Å². The van der Waals surface area contributed by atoms with Crippen LogP contribution >= 0.6 is 0 Å². The first-order valence-electron chi connectivity index (χ1n) is 7.54. The topological polar surface area (TPSA) is 94.6 Å². The van der Waals surface area contributed by atoms with E-state index < -0.39 is 41.4 Å². The van der Waals surface area contributed by atoms with Crippen LogP contribution in [-0.4, -0.2) is 46.6 Å². The number of aromatic nitrogens is 1. The third kappa shape index (κ3) is 4.19. The van der Waals surface area contributed by atoms with Crippen molar-refractivity contribution in [1.82, 2.24) is 9.47 Å². The Hall–Kier alpha value is -2.36. The van der Waals surface area contributed by atoms with Crippen molar-refractivity contribution >= 4 is 11.8 Å². The van der Waals surface area contributed by atoms with Crippen LogP contribution < -0.4 is 11.3 Å². The molecule has 1 aliphatic rings. The average Bonchev–Trinajstić information content (AvgIpc) is 2.46. The van der Waals surface area contributed by atoms with Gasteiger partial charge in [-0.2, -0.15) is 13.2 Å². The lowest BCUT2D eigenvalue weighted by molar-refractivity contribution is -0.149. The standard InChI is InChI=1S/C15H18F3N3O4/c1-8-5-20(6-9(2)25-8)12(22)7-21-11(15(16,17)18)4-3-10(13(19)23)14(21)24/h3-4,8-9H,5-7H2,1-2H3,(H2,19,23). The summed E-state index contributed by atoms with van der Waals surface area (Å²) in [5.41, 5.74) is 1.84. The third-order valence-electron chi connectivity index (χ3n) is 3.80. The molecule has 1 aromatic heterocycles. The van der Waals surface area contributed by atoms with Gasteiger partial charge in [0.1, 0.15) is 17.8 Å². The maximum absolute atomic E-state index is 13.2. The Balaban J connectivity index is 2.40. The number of nitrogens with two attached hydrogens (primary N) is 1. The summed E-state index contributed by atoms with van der Waals surface area (Å²) in [5.74, 6) is -1.83. The number of carbonyl (C=O) groups is 2. The fourth-order valence-electron chi connectivity index (χ4n) is 2.79. The van der Waals surface area contributed by atoms with Crippen LogP contribution in [0.2, 0.25) is 0 Å². The van der Waals surface area contributed by atoms with E-state index in [0.29, 0.717) is 12.1 Å². The molecular formula is C15H18F3N3O4. The number of primary amides is 1. The highest BCUT2D eigenvalue weighted by atomic mass is 19.4. The number of ether oxygens (including phenoxy) is 1. The summed E-state index contributed by atoms with van der Waals surface area (Å²) in [6.07, 6.45) is -5.41. The van der Waals surface area contributed by atoms with Crippen molar-refractivity contribution in [2.24, 2.45) is 5.73 Å². The highest BCUT2D eigenvalue weighted by molar-refractivity contribution is 5.92. The quantitative estimate of drug-likeness (QED) is 0.853. The molecule has 2 unspecified atom stereocenters. The van der Waals surface area contributed by atoms with Gasteiger partial charge in [-0.1, -0.05) is 0 Å². The van der Waals surface area contributed by atoms with E-state index in [2.05, 4.69) is 0 Å². The highest BCUT2D eigenvalue weighted by Gasteiger charge is 2.36. The summed E-state index contributed by atoms with van der Waals surface area (Å²) in [7, 11) is 0. The Morgan fingerprint density at radius 3 is 2.28 bits per heavy atom. The van der Waals surface area contributed by atoms with E-state index in [1.807, 2.05) is 0 Å². The molecule has 2 atom stereocenters. The van der Waals surface area contributed by atoms with Gasteiger partial charge in [0, 0.05) is 13.1 Å². The molecule has 2 rings (SSSR count). The summed E-state index contributed by atoms with van der Waals surface area (Å²) in [5, 5.41) is 0. The number of amides is 2. The number of hydrogen-bond acceptors (Lipinski definition) is 4. The highest BCUT2D eigenvalue weighted by Crippen LogP contribution is 2.28. The van der Waals surface area contributed by atoms with E-state index in [1.165, 1.54) is 4.90 Å². The van der Waals surface area contributed by atoms with Gasteiger partial charge in [0.05, 0.1) is 12.2 Å². The normalized spacial score (nSPS) is 21.2. The lowest BCUT2D eigenvalue weighted by Gasteiger charge is -2.35. The van der Waals surface area contributed by atoms with Gasteiger partial charge in [0.2, 0.25) is 5.91 Å². The van der Waals surface area contributed by atoms with Crippen molar-refractivity contribution in [3.05, 3.63) is 33.7 Å². The van der Waals surface area contributed by atoms with Crippen molar-refractivity contribution in [3.63, 3.8) is 0 Å². The Bertz CT molecular complexity index is 735. The fraction of sp³-hybridized carbons (Fsp3) is 0.533. The largest absolute Gasteiger partial charge is 0.431 e. The molecule has 2 N–H and O–H groups in total. The molecule has 2 amide bonds. The average molecular weight is 361 g/mol. The molecule has 0 spiro atoms. The molecule has 0 aliphatic carbocycles. The number of morpholine rings is 1. The number of nitrogens with zero attached hydrogens (tertiary/aromatic N) is 2. The van der Waals surface area contributed by atoms with E-state index in [9.17, 15) is 27.6 Å². The molecule has 7 nitrogen and oxygen atoms in total. The Morgan fingerprint density at radius 1 is 1.24 bits per heavy atom. The number of hydrogen-bond donors (Lipinski definition) is 1. The smallest absolute Gasteiger partial charge is 0.372 e. The molecule has 1 saturated heterocycles. The Kier molecular flexibility index (Phi) is 5.21. The number of halogens is 3. The molecule has 0 aromatic carbocycles. The Morgan fingerprint density at radius 2 is 1.80 bits per heavy atom. The van der Waals surface area contributed by atoms with Crippen molar-refractivity contribution < 1.29 is 27.5 Å². The van der Waals surface area contributed by atoms with Crippen LogP contribution in [-0.2, 0) is 22.3 Å². The number of pyridine rings is 1. The van der Waals surface area contributed by atoms with E-state index in [0.717, 1.165) is 0 Å². The number of carbonyl (C=O) groups excluding carboxylic acids is 2. The van der Waals surface area contributed by atoms with E-state index in [4.69, 9.17) is 10.5 Å². The summed E-state index contributed by atoms with van der Waals surface area (Å²) < 4.78 is 45.2. The van der Waals surface area contributed by atoms with Crippen molar-refractivity contribution in [2.75, 3.05) is 13.1 Å². The van der Waals surface area contributed by atoms with Crippen molar-refractivity contribution in [2.45, 2.75) is 38.8 Å². The van der Waals surface area contributed by atoms with Gasteiger partial charge in [0.25, 0.3) is 11.5 Å². The Labute approximate surface area is 141 Å². The summed E-state index contributed by atoms with van der Waals surface area (Å²) in [4.78, 5) is 37.1. The first-order valence-corrected chi connectivity index (χ1v) is 7.54. The fourth-order valence-corrected chi connectivity index (χ4v) is 2.79. The van der Waals surface area contributed by atoms with Crippen molar-refractivity contribution in [3.8, 4) is 0 Å². The van der Waals surface area contributed by atoms with Crippen LogP contribution in [0.3, 0.4) is 0 Å². The minimum Gasteiger partial charge on any atom is -0.372 e. The monoisotopic (exact) mass is 361 g/mol. The predicted octanol–water partition coefficient (Wildman–Crippen LogP) is 0.602. The molecule has 2 heterocycles. The molecule has 25 heavy (non-hydrogen) atoms. The third-order valence-corrected chi connectivity index (χ3v) is 3.80. The van der Waals surface area contributed by atoms with Crippen LogP contribution in [0.5, 0.6) is 0 Å². The minimum absolute atomic E-state index is 0.203. The number of rotatable bonds is 3. The van der Waals surface area contributed by atoms with Crippen LogP contribution in [0, 0.1) is 0 Å². The zero-order chi connectivity index (χ0) is 18.9. The maximum atomic E-state index is 13.2. The summed E-state index contributed by atoms with van der Waals surface area (Å²) in [6, 6.07) is 1.28. The van der Waals surface area contributed by atoms with Crippen molar-refractivity contribution in [1.29, 1.82) is 0 Å². The second-order valence-electron chi connectivity index (χ2n) is 5.94. The molecule has 1 fully saturated rings. The zero-order valence-electron chi connectivity index (χ0n) is 13.7. The molecule has 0 saturated carbocycles. The van der Waals surface area contributed by atoms with Gasteiger partial charge in [-0.25, -0.2) is 0 Å². The maximum Gasteiger partial charge on any atom is 0.431 e. The lowest BCUT2D eigenvalue weighted by atomic mass is 10.2. The number of alkyl halides is 3. The van der Waals surface area contributed by atoms with Gasteiger partial charge in [-0.3, -0.25) is 19.0 Å². The van der Waals surface area contributed by atoms with Gasteiger partial charge in [-0.05, 0) is 26.0 Å². The molecule has 0 radical (unpaired) electrons. The van der Waals surface area contributed by atoms with Gasteiger partial charge >= 0.3 is 6.18 Å². The second-order valence-corrected chi connectivity index (χ2v) is 5.94. The predicted molar refractivity (Wildman–Crippen MR) is 80.8 cm³/mol. The van der Waals surface area contributed by atoms with Crippen LogP contribution in [0.4, 0.5) is 13.2 Å². The molecular weight excluding hydrogens is 343 g/mol. The van der Waals surface area contributed by atoms with Crippen LogP contribution in [0.25, 0.3) is 0 Å². The van der Waals surface area contributed by atoms with E-state index in [1.54, 1.807) is 13.8 Å².